The first-order chi connectivity index (χ1) is 9.72. The molecule has 1 aromatic carbocycles. The molecule has 0 amide bonds. The number of hydrogen-bond donors (Lipinski definition) is 1. The number of nitrogens with zero attached hydrogens (tertiary/aromatic N) is 3. The molecule has 0 aliphatic carbocycles. The Morgan fingerprint density at radius 1 is 1.30 bits per heavy atom. The zero-order valence-electron chi connectivity index (χ0n) is 11.5. The molecule has 0 spiro atoms. The monoisotopic (exact) mass is 270 g/mol. The van der Waals surface area contributed by atoms with E-state index in [-0.39, 0.29) is 11.5 Å². The van der Waals surface area contributed by atoms with Gasteiger partial charge < -0.3 is 4.98 Å². The van der Waals surface area contributed by atoms with E-state index < -0.39 is 0 Å². The van der Waals surface area contributed by atoms with Gasteiger partial charge in [0, 0.05) is 25.6 Å². The normalized spacial score (nSPS) is 23.1. The van der Waals surface area contributed by atoms with Gasteiger partial charge in [0.05, 0.1) is 0 Å². The zero-order valence-corrected chi connectivity index (χ0v) is 11.5. The van der Waals surface area contributed by atoms with Gasteiger partial charge in [0.15, 0.2) is 0 Å². The van der Waals surface area contributed by atoms with Crippen LogP contribution in [0.1, 0.15) is 24.2 Å². The molecule has 0 bridgehead atoms. The third-order valence-electron chi connectivity index (χ3n) is 3.88. The summed E-state index contributed by atoms with van der Waals surface area (Å²) in [7, 11) is 0. The summed E-state index contributed by atoms with van der Waals surface area (Å²) in [6.45, 7) is 5.05. The van der Waals surface area contributed by atoms with E-state index in [1.165, 1.54) is 11.8 Å². The molecule has 1 N–H and O–H groups in total. The Hall–Kier alpha value is -2.01. The SMILES string of the molecule is CC1CN(Cc2ccccc2)CC1c1nncc(=O)[nH]1. The van der Waals surface area contributed by atoms with Gasteiger partial charge in [-0.25, -0.2) is 0 Å². The van der Waals surface area contributed by atoms with Gasteiger partial charge in [-0.05, 0) is 11.5 Å². The fourth-order valence-electron chi connectivity index (χ4n) is 2.89. The van der Waals surface area contributed by atoms with Crippen LogP contribution in [0.3, 0.4) is 0 Å². The third-order valence-corrected chi connectivity index (χ3v) is 3.88. The smallest absolute Gasteiger partial charge is 0.269 e. The van der Waals surface area contributed by atoms with Crippen molar-refractivity contribution in [3.63, 3.8) is 0 Å². The molecular formula is C15H18N4O. The van der Waals surface area contributed by atoms with Crippen molar-refractivity contribution < 1.29 is 0 Å². The Bertz CT molecular complexity index is 625. The van der Waals surface area contributed by atoms with Gasteiger partial charge in [-0.2, -0.15) is 5.10 Å². The predicted molar refractivity (Wildman–Crippen MR) is 76.3 cm³/mol. The highest BCUT2D eigenvalue weighted by atomic mass is 16.1. The maximum absolute atomic E-state index is 11.4. The number of rotatable bonds is 3. The van der Waals surface area contributed by atoms with Crippen LogP contribution in [-0.2, 0) is 6.54 Å². The van der Waals surface area contributed by atoms with Gasteiger partial charge in [-0.3, -0.25) is 9.69 Å². The number of nitrogens with one attached hydrogen (secondary N) is 1. The number of aromatic amines is 1. The minimum atomic E-state index is -0.177. The van der Waals surface area contributed by atoms with Crippen LogP contribution < -0.4 is 5.56 Å². The molecule has 1 fully saturated rings. The fraction of sp³-hybridized carbons (Fsp3) is 0.400. The third kappa shape index (κ3) is 2.77. The number of hydrogen-bond acceptors (Lipinski definition) is 4. The highest BCUT2D eigenvalue weighted by molar-refractivity contribution is 5.15. The van der Waals surface area contributed by atoms with Crippen molar-refractivity contribution >= 4 is 0 Å². The first-order valence-corrected chi connectivity index (χ1v) is 6.90. The van der Waals surface area contributed by atoms with E-state index in [2.05, 4.69) is 51.3 Å². The molecule has 2 heterocycles. The Morgan fingerprint density at radius 3 is 2.85 bits per heavy atom. The molecule has 1 aromatic heterocycles. The molecule has 0 saturated carbocycles. The molecule has 3 rings (SSSR count). The van der Waals surface area contributed by atoms with E-state index in [4.69, 9.17) is 0 Å². The lowest BCUT2D eigenvalue weighted by Gasteiger charge is -2.15. The molecule has 20 heavy (non-hydrogen) atoms. The molecule has 0 radical (unpaired) electrons. The second-order valence-corrected chi connectivity index (χ2v) is 5.48. The van der Waals surface area contributed by atoms with E-state index in [1.54, 1.807) is 0 Å². The topological polar surface area (TPSA) is 61.9 Å². The van der Waals surface area contributed by atoms with E-state index in [0.717, 1.165) is 19.6 Å². The molecule has 104 valence electrons. The van der Waals surface area contributed by atoms with Gasteiger partial charge in [0.1, 0.15) is 12.0 Å². The van der Waals surface area contributed by atoms with Gasteiger partial charge in [0.25, 0.3) is 5.56 Å². The molecule has 2 aromatic rings. The number of benzene rings is 1. The van der Waals surface area contributed by atoms with Crippen molar-refractivity contribution in [2.24, 2.45) is 5.92 Å². The van der Waals surface area contributed by atoms with Crippen molar-refractivity contribution in [3.8, 4) is 0 Å². The molecular weight excluding hydrogens is 252 g/mol. The van der Waals surface area contributed by atoms with Crippen molar-refractivity contribution in [2.75, 3.05) is 13.1 Å². The lowest BCUT2D eigenvalue weighted by atomic mass is 9.98. The molecule has 5 heteroatoms. The summed E-state index contributed by atoms with van der Waals surface area (Å²) < 4.78 is 0. The van der Waals surface area contributed by atoms with Crippen LogP contribution >= 0.6 is 0 Å². The molecule has 1 saturated heterocycles. The quantitative estimate of drug-likeness (QED) is 0.915. The van der Waals surface area contributed by atoms with E-state index in [1.807, 2.05) is 6.07 Å². The predicted octanol–water partition coefficient (Wildman–Crippen LogP) is 1.40. The minimum absolute atomic E-state index is 0.177. The molecule has 2 atom stereocenters. The van der Waals surface area contributed by atoms with Crippen LogP contribution in [0.25, 0.3) is 0 Å². The molecule has 5 nitrogen and oxygen atoms in total. The summed E-state index contributed by atoms with van der Waals surface area (Å²) in [6.07, 6.45) is 1.21. The van der Waals surface area contributed by atoms with Crippen molar-refractivity contribution in [1.29, 1.82) is 0 Å². The standard InChI is InChI=1S/C15H18N4O/c1-11-8-19(9-12-5-3-2-4-6-12)10-13(11)15-17-14(20)7-16-18-15/h2-7,11,13H,8-10H2,1H3,(H,17,18,20). The van der Waals surface area contributed by atoms with Crippen molar-refractivity contribution in [3.05, 3.63) is 58.3 Å². The van der Waals surface area contributed by atoms with Crippen LogP contribution in [0.5, 0.6) is 0 Å². The van der Waals surface area contributed by atoms with E-state index >= 15 is 0 Å². The first kappa shape index (κ1) is 13.0. The second-order valence-electron chi connectivity index (χ2n) is 5.48. The summed E-state index contributed by atoms with van der Waals surface area (Å²) in [4.78, 5) is 16.6. The maximum Gasteiger partial charge on any atom is 0.269 e. The number of H-pyrrole nitrogens is 1. The van der Waals surface area contributed by atoms with Crippen LogP contribution in [0.2, 0.25) is 0 Å². The summed E-state index contributed by atoms with van der Waals surface area (Å²) in [5, 5.41) is 7.84. The van der Waals surface area contributed by atoms with Crippen LogP contribution in [0, 0.1) is 5.92 Å². The van der Waals surface area contributed by atoms with Crippen LogP contribution in [-0.4, -0.2) is 33.2 Å². The molecule has 1 aliphatic rings. The Balaban J connectivity index is 1.72. The summed E-state index contributed by atoms with van der Waals surface area (Å²) in [5.74, 6) is 1.42. The summed E-state index contributed by atoms with van der Waals surface area (Å²) >= 11 is 0. The number of likely N-dealkylation sites (tertiary alicyclic amines) is 1. The second kappa shape index (κ2) is 5.54. The Morgan fingerprint density at radius 2 is 2.10 bits per heavy atom. The van der Waals surface area contributed by atoms with Crippen LogP contribution in [0.15, 0.2) is 41.3 Å². The average molecular weight is 270 g/mol. The van der Waals surface area contributed by atoms with Gasteiger partial charge in [-0.15, -0.1) is 5.10 Å². The van der Waals surface area contributed by atoms with E-state index in [9.17, 15) is 4.79 Å². The van der Waals surface area contributed by atoms with Crippen LogP contribution in [0.4, 0.5) is 0 Å². The highest BCUT2D eigenvalue weighted by Crippen LogP contribution is 2.30. The van der Waals surface area contributed by atoms with Crippen molar-refractivity contribution in [1.82, 2.24) is 20.1 Å². The highest BCUT2D eigenvalue weighted by Gasteiger charge is 2.32. The summed E-state index contributed by atoms with van der Waals surface area (Å²) in [5.41, 5.74) is 1.14. The van der Waals surface area contributed by atoms with Gasteiger partial charge >= 0.3 is 0 Å². The Labute approximate surface area is 117 Å². The Kier molecular flexibility index (Phi) is 3.60. The fourth-order valence-corrected chi connectivity index (χ4v) is 2.89. The lowest BCUT2D eigenvalue weighted by molar-refractivity contribution is 0.318. The maximum atomic E-state index is 11.4. The van der Waals surface area contributed by atoms with Gasteiger partial charge in [0.2, 0.25) is 0 Å². The first-order valence-electron chi connectivity index (χ1n) is 6.90. The van der Waals surface area contributed by atoms with Gasteiger partial charge in [-0.1, -0.05) is 37.3 Å². The average Bonchev–Trinajstić information content (AvgIpc) is 2.81. The lowest BCUT2D eigenvalue weighted by Crippen LogP contribution is -2.21. The minimum Gasteiger partial charge on any atom is -0.307 e. The summed E-state index contributed by atoms with van der Waals surface area (Å²) in [6, 6.07) is 10.4. The van der Waals surface area contributed by atoms with Crippen molar-refractivity contribution in [2.45, 2.75) is 19.4 Å². The zero-order chi connectivity index (χ0) is 13.9. The molecule has 1 aliphatic heterocycles. The molecule has 2 unspecified atom stereocenters. The largest absolute Gasteiger partial charge is 0.307 e. The number of aromatic nitrogens is 3. The van der Waals surface area contributed by atoms with E-state index in [0.29, 0.717) is 11.7 Å².